The van der Waals surface area contributed by atoms with Crippen molar-refractivity contribution in [1.82, 2.24) is 4.98 Å². The Morgan fingerprint density at radius 2 is 1.92 bits per heavy atom. The van der Waals surface area contributed by atoms with E-state index in [4.69, 9.17) is 21.1 Å². The highest BCUT2D eigenvalue weighted by Crippen LogP contribution is 2.29. The number of fused-ring (bicyclic) bond motifs is 1. The largest absolute Gasteiger partial charge is 0.497 e. The summed E-state index contributed by atoms with van der Waals surface area (Å²) in [7, 11) is 3.16. The number of hydrogen-bond donors (Lipinski definition) is 2. The van der Waals surface area contributed by atoms with Gasteiger partial charge in [-0.05, 0) is 48.9 Å². The van der Waals surface area contributed by atoms with Crippen molar-refractivity contribution in [3.63, 3.8) is 0 Å². The number of halogens is 1. The Kier molecular flexibility index (Phi) is 4.36. The van der Waals surface area contributed by atoms with E-state index >= 15 is 0 Å². The first-order chi connectivity index (χ1) is 11.5. The molecule has 0 spiro atoms. The molecule has 3 rings (SSSR count). The number of aromatic nitrogens is 1. The minimum atomic E-state index is -0.232. The molecule has 0 fully saturated rings. The number of carbonyl (C=O) groups is 1. The van der Waals surface area contributed by atoms with E-state index in [2.05, 4.69) is 10.3 Å². The van der Waals surface area contributed by atoms with E-state index in [-0.39, 0.29) is 5.91 Å². The second-order valence-electron chi connectivity index (χ2n) is 5.34. The first-order valence-electron chi connectivity index (χ1n) is 7.34. The van der Waals surface area contributed by atoms with Crippen molar-refractivity contribution < 1.29 is 14.3 Å². The van der Waals surface area contributed by atoms with Crippen LogP contribution in [0.25, 0.3) is 10.9 Å². The Hall–Kier alpha value is -2.66. The maximum atomic E-state index is 12.6. The number of hydrogen-bond acceptors (Lipinski definition) is 3. The average molecular weight is 345 g/mol. The van der Waals surface area contributed by atoms with Crippen LogP contribution in [-0.4, -0.2) is 25.1 Å². The van der Waals surface area contributed by atoms with Gasteiger partial charge in [0.05, 0.1) is 19.2 Å². The molecule has 6 heteroatoms. The zero-order chi connectivity index (χ0) is 17.3. The maximum Gasteiger partial charge on any atom is 0.272 e. The average Bonchev–Trinajstić information content (AvgIpc) is 2.91. The van der Waals surface area contributed by atoms with Gasteiger partial charge in [0.1, 0.15) is 17.2 Å². The van der Waals surface area contributed by atoms with Crippen molar-refractivity contribution in [2.24, 2.45) is 0 Å². The summed E-state index contributed by atoms with van der Waals surface area (Å²) >= 11 is 6.09. The van der Waals surface area contributed by atoms with Crippen LogP contribution in [-0.2, 0) is 0 Å². The highest BCUT2D eigenvalue weighted by molar-refractivity contribution is 6.32. The van der Waals surface area contributed by atoms with Gasteiger partial charge in [0, 0.05) is 16.6 Å². The lowest BCUT2D eigenvalue weighted by molar-refractivity contribution is 0.102. The van der Waals surface area contributed by atoms with Gasteiger partial charge in [-0.25, -0.2) is 0 Å². The molecule has 1 heterocycles. The fourth-order valence-corrected chi connectivity index (χ4v) is 2.86. The van der Waals surface area contributed by atoms with E-state index in [1.165, 1.54) is 0 Å². The van der Waals surface area contributed by atoms with E-state index in [0.29, 0.717) is 22.2 Å². The number of ether oxygens (including phenoxy) is 2. The summed E-state index contributed by atoms with van der Waals surface area (Å²) in [4.78, 5) is 15.7. The number of anilines is 1. The maximum absolute atomic E-state index is 12.6. The van der Waals surface area contributed by atoms with Gasteiger partial charge >= 0.3 is 0 Å². The molecule has 0 unspecified atom stereocenters. The van der Waals surface area contributed by atoms with Crippen LogP contribution >= 0.6 is 11.6 Å². The number of benzene rings is 2. The van der Waals surface area contributed by atoms with E-state index in [1.54, 1.807) is 32.4 Å². The summed E-state index contributed by atoms with van der Waals surface area (Å²) in [5.74, 6) is 1.07. The van der Waals surface area contributed by atoms with Gasteiger partial charge in [-0.3, -0.25) is 4.79 Å². The molecule has 0 atom stereocenters. The number of nitrogens with one attached hydrogen (secondary N) is 2. The second kappa shape index (κ2) is 6.45. The summed E-state index contributed by atoms with van der Waals surface area (Å²) in [5, 5.41) is 4.23. The van der Waals surface area contributed by atoms with Crippen molar-refractivity contribution in [2.75, 3.05) is 19.5 Å². The molecule has 1 aromatic heterocycles. The first kappa shape index (κ1) is 16.2. The Morgan fingerprint density at radius 1 is 1.12 bits per heavy atom. The number of methoxy groups -OCH3 is 2. The molecule has 0 saturated heterocycles. The van der Waals surface area contributed by atoms with Crippen LogP contribution in [0.1, 0.15) is 16.1 Å². The molecular weight excluding hydrogens is 328 g/mol. The van der Waals surface area contributed by atoms with Gasteiger partial charge < -0.3 is 19.8 Å². The van der Waals surface area contributed by atoms with Crippen molar-refractivity contribution in [2.45, 2.75) is 6.92 Å². The summed E-state index contributed by atoms with van der Waals surface area (Å²) in [5.41, 5.74) is 2.85. The lowest BCUT2D eigenvalue weighted by Gasteiger charge is -2.08. The number of carbonyl (C=O) groups excluding carboxylic acids is 1. The second-order valence-corrected chi connectivity index (χ2v) is 5.75. The fourth-order valence-electron chi connectivity index (χ4n) is 2.60. The summed E-state index contributed by atoms with van der Waals surface area (Å²) in [6.45, 7) is 1.90. The highest BCUT2D eigenvalue weighted by Gasteiger charge is 2.16. The molecule has 2 N–H and O–H groups in total. The lowest BCUT2D eigenvalue weighted by Crippen LogP contribution is -2.13. The molecule has 0 radical (unpaired) electrons. The topological polar surface area (TPSA) is 63.4 Å². The van der Waals surface area contributed by atoms with Gasteiger partial charge in [0.25, 0.3) is 5.91 Å². The third kappa shape index (κ3) is 2.90. The summed E-state index contributed by atoms with van der Waals surface area (Å²) in [6.07, 6.45) is 0. The SMILES string of the molecule is COc1ccc2[nH]c(C(=O)Nc3ccc(OC)c(Cl)c3)c(C)c2c1. The van der Waals surface area contributed by atoms with Crippen LogP contribution in [0.5, 0.6) is 11.5 Å². The quantitative estimate of drug-likeness (QED) is 0.737. The van der Waals surface area contributed by atoms with E-state index in [9.17, 15) is 4.79 Å². The molecule has 0 bridgehead atoms. The lowest BCUT2D eigenvalue weighted by atomic mass is 10.1. The van der Waals surface area contributed by atoms with Gasteiger partial charge in [-0.15, -0.1) is 0 Å². The molecule has 0 aliphatic rings. The zero-order valence-corrected chi connectivity index (χ0v) is 14.3. The smallest absolute Gasteiger partial charge is 0.272 e. The number of H-pyrrole nitrogens is 1. The van der Waals surface area contributed by atoms with Gasteiger partial charge in [0.15, 0.2) is 0 Å². The van der Waals surface area contributed by atoms with Crippen molar-refractivity contribution in [3.05, 3.63) is 52.7 Å². The minimum absolute atomic E-state index is 0.232. The number of rotatable bonds is 4. The Labute approximate surface area is 144 Å². The van der Waals surface area contributed by atoms with E-state index < -0.39 is 0 Å². The van der Waals surface area contributed by atoms with Crippen LogP contribution in [0.3, 0.4) is 0 Å². The van der Waals surface area contributed by atoms with Crippen molar-refractivity contribution in [1.29, 1.82) is 0 Å². The minimum Gasteiger partial charge on any atom is -0.497 e. The highest BCUT2D eigenvalue weighted by atomic mass is 35.5. The van der Waals surface area contributed by atoms with Gasteiger partial charge in [0.2, 0.25) is 0 Å². The monoisotopic (exact) mass is 344 g/mol. The third-order valence-corrected chi connectivity index (χ3v) is 4.20. The van der Waals surface area contributed by atoms with Crippen LogP contribution in [0, 0.1) is 6.92 Å². The standard InChI is InChI=1S/C18H17ClN2O3/c1-10-13-9-12(23-2)5-6-15(13)21-17(10)18(22)20-11-4-7-16(24-3)14(19)8-11/h4-9,21H,1-3H3,(H,20,22). The predicted octanol–water partition coefficient (Wildman–Crippen LogP) is 4.40. The molecule has 24 heavy (non-hydrogen) atoms. The molecule has 0 aliphatic heterocycles. The molecule has 1 amide bonds. The predicted molar refractivity (Wildman–Crippen MR) is 95.5 cm³/mol. The fraction of sp³-hybridized carbons (Fsp3) is 0.167. The molecule has 0 aliphatic carbocycles. The number of aromatic amines is 1. The van der Waals surface area contributed by atoms with Gasteiger partial charge in [-0.2, -0.15) is 0 Å². The van der Waals surface area contributed by atoms with Crippen molar-refractivity contribution >= 4 is 34.1 Å². The van der Waals surface area contributed by atoms with E-state index in [1.807, 2.05) is 25.1 Å². The molecular formula is C18H17ClN2O3. The molecule has 124 valence electrons. The zero-order valence-electron chi connectivity index (χ0n) is 13.6. The summed E-state index contributed by atoms with van der Waals surface area (Å²) in [6, 6.07) is 10.7. The molecule has 0 saturated carbocycles. The van der Waals surface area contributed by atoms with E-state index in [0.717, 1.165) is 22.2 Å². The Morgan fingerprint density at radius 3 is 2.58 bits per heavy atom. The third-order valence-electron chi connectivity index (χ3n) is 3.90. The van der Waals surface area contributed by atoms with Crippen LogP contribution in [0.2, 0.25) is 5.02 Å². The normalized spacial score (nSPS) is 10.7. The molecule has 2 aromatic carbocycles. The Bertz CT molecular complexity index is 918. The van der Waals surface area contributed by atoms with Gasteiger partial charge in [-0.1, -0.05) is 11.6 Å². The summed E-state index contributed by atoms with van der Waals surface area (Å²) < 4.78 is 10.3. The van der Waals surface area contributed by atoms with Crippen LogP contribution in [0.4, 0.5) is 5.69 Å². The first-order valence-corrected chi connectivity index (χ1v) is 7.72. The number of amides is 1. The Balaban J connectivity index is 1.91. The molecule has 5 nitrogen and oxygen atoms in total. The van der Waals surface area contributed by atoms with Crippen LogP contribution in [0.15, 0.2) is 36.4 Å². The van der Waals surface area contributed by atoms with Crippen LogP contribution < -0.4 is 14.8 Å². The molecule has 3 aromatic rings. The van der Waals surface area contributed by atoms with Crippen molar-refractivity contribution in [3.8, 4) is 11.5 Å². The number of aryl methyl sites for hydroxylation is 1.